The van der Waals surface area contributed by atoms with E-state index in [0.717, 1.165) is 24.5 Å². The molecule has 0 spiro atoms. The highest BCUT2D eigenvalue weighted by molar-refractivity contribution is 6.32. The van der Waals surface area contributed by atoms with Crippen molar-refractivity contribution in [3.05, 3.63) is 35.0 Å². The molecule has 3 rings (SSSR count). The Morgan fingerprint density at radius 1 is 1.15 bits per heavy atom. The summed E-state index contributed by atoms with van der Waals surface area (Å²) in [7, 11) is 0. The Bertz CT molecular complexity index is 732. The number of hydrogen-bond acceptors (Lipinski definition) is 6. The second-order valence-corrected chi connectivity index (χ2v) is 7.00. The van der Waals surface area contributed by atoms with Gasteiger partial charge in [-0.1, -0.05) is 18.0 Å². The van der Waals surface area contributed by atoms with Crippen molar-refractivity contribution in [3.8, 4) is 5.75 Å². The van der Waals surface area contributed by atoms with E-state index in [2.05, 4.69) is 10.2 Å². The molecule has 27 heavy (non-hydrogen) atoms. The second kappa shape index (κ2) is 9.21. The van der Waals surface area contributed by atoms with Gasteiger partial charge in [0.25, 0.3) is 11.8 Å². The van der Waals surface area contributed by atoms with Crippen molar-refractivity contribution in [2.24, 2.45) is 0 Å². The fraction of sp³-hybridized carbons (Fsp3) is 0.474. The maximum absolute atomic E-state index is 12.2. The number of aliphatic hydroxyl groups is 1. The number of rotatable bonds is 8. The molecule has 2 amide bonds. The first kappa shape index (κ1) is 19.7. The number of piperidine rings is 1. The normalized spacial score (nSPS) is 18.0. The molecule has 0 aliphatic carbocycles. The highest BCUT2D eigenvalue weighted by atomic mass is 35.5. The van der Waals surface area contributed by atoms with Gasteiger partial charge in [-0.25, -0.2) is 0 Å². The van der Waals surface area contributed by atoms with Crippen molar-refractivity contribution in [1.82, 2.24) is 9.80 Å². The third-order valence-corrected chi connectivity index (χ3v) is 4.95. The van der Waals surface area contributed by atoms with E-state index < -0.39 is 11.8 Å². The van der Waals surface area contributed by atoms with Crippen molar-refractivity contribution in [2.75, 3.05) is 44.7 Å². The number of nitrogens with one attached hydrogen (secondary N) is 1. The largest absolute Gasteiger partial charge is 0.491 e. The second-order valence-electron chi connectivity index (χ2n) is 6.60. The molecule has 0 aromatic heterocycles. The highest BCUT2D eigenvalue weighted by Gasteiger charge is 2.30. The maximum atomic E-state index is 12.2. The van der Waals surface area contributed by atoms with Gasteiger partial charge in [-0.15, -0.1) is 0 Å². The predicted molar refractivity (Wildman–Crippen MR) is 103 cm³/mol. The number of carbonyl (C=O) groups excluding carboxylic acids is 2. The molecule has 1 saturated heterocycles. The minimum atomic E-state index is -0.466. The maximum Gasteiger partial charge on any atom is 0.277 e. The van der Waals surface area contributed by atoms with Crippen molar-refractivity contribution >= 4 is 29.1 Å². The number of halogens is 1. The summed E-state index contributed by atoms with van der Waals surface area (Å²) in [5.41, 5.74) is 0.741. The van der Waals surface area contributed by atoms with Crippen LogP contribution in [0.25, 0.3) is 0 Å². The fourth-order valence-corrected chi connectivity index (χ4v) is 3.46. The number of anilines is 1. The summed E-state index contributed by atoms with van der Waals surface area (Å²) in [6.07, 6.45) is 5.01. The molecule has 1 fully saturated rings. The van der Waals surface area contributed by atoms with Crippen LogP contribution in [0.4, 0.5) is 5.69 Å². The number of benzene rings is 1. The van der Waals surface area contributed by atoms with Gasteiger partial charge >= 0.3 is 0 Å². The quantitative estimate of drug-likeness (QED) is 0.656. The van der Waals surface area contributed by atoms with Crippen molar-refractivity contribution in [1.29, 1.82) is 0 Å². The summed E-state index contributed by atoms with van der Waals surface area (Å²) in [5.74, 6) is -0.323. The molecule has 7 nitrogen and oxygen atoms in total. The van der Waals surface area contributed by atoms with Crippen LogP contribution in [0.2, 0.25) is 5.02 Å². The van der Waals surface area contributed by atoms with E-state index in [9.17, 15) is 9.59 Å². The van der Waals surface area contributed by atoms with Crippen LogP contribution in [0.15, 0.2) is 30.0 Å². The van der Waals surface area contributed by atoms with Gasteiger partial charge < -0.3 is 15.2 Å². The van der Waals surface area contributed by atoms with Gasteiger partial charge in [0.1, 0.15) is 18.1 Å². The van der Waals surface area contributed by atoms with Gasteiger partial charge in [0, 0.05) is 18.3 Å². The Balaban J connectivity index is 1.54. The number of hydrogen-bond donors (Lipinski definition) is 2. The summed E-state index contributed by atoms with van der Waals surface area (Å²) >= 11 is 6.29. The van der Waals surface area contributed by atoms with E-state index in [1.165, 1.54) is 25.3 Å². The first-order chi connectivity index (χ1) is 13.1. The number of likely N-dealkylation sites (tertiary alicyclic amines) is 1. The number of carbonyl (C=O) groups is 2. The molecule has 0 saturated carbocycles. The van der Waals surface area contributed by atoms with Crippen LogP contribution in [-0.4, -0.2) is 66.1 Å². The van der Waals surface area contributed by atoms with E-state index in [4.69, 9.17) is 21.4 Å². The van der Waals surface area contributed by atoms with Gasteiger partial charge in [-0.05, 0) is 44.1 Å². The number of ether oxygens (including phenoxy) is 1. The van der Waals surface area contributed by atoms with Crippen molar-refractivity contribution < 1.29 is 19.4 Å². The Hall–Kier alpha value is -2.09. The SMILES string of the molecule is O=C1C=C(Nc2ccc(OCCN3CCCCC3)c(Cl)c2)C(=O)N1CCO. The number of amides is 2. The smallest absolute Gasteiger partial charge is 0.277 e. The van der Waals surface area contributed by atoms with Crippen LogP contribution in [0.3, 0.4) is 0 Å². The van der Waals surface area contributed by atoms with E-state index >= 15 is 0 Å². The minimum absolute atomic E-state index is 0.0239. The van der Waals surface area contributed by atoms with Crippen LogP contribution < -0.4 is 10.1 Å². The molecule has 1 aromatic carbocycles. The lowest BCUT2D eigenvalue weighted by atomic mass is 10.1. The Morgan fingerprint density at radius 3 is 2.63 bits per heavy atom. The fourth-order valence-electron chi connectivity index (χ4n) is 3.23. The van der Waals surface area contributed by atoms with Gasteiger partial charge in [-0.3, -0.25) is 19.4 Å². The average Bonchev–Trinajstić information content (AvgIpc) is 2.92. The van der Waals surface area contributed by atoms with E-state index in [0.29, 0.717) is 23.1 Å². The molecule has 0 bridgehead atoms. The third kappa shape index (κ3) is 5.00. The lowest BCUT2D eigenvalue weighted by molar-refractivity contribution is -0.137. The van der Waals surface area contributed by atoms with Crippen molar-refractivity contribution in [3.63, 3.8) is 0 Å². The summed E-state index contributed by atoms with van der Waals surface area (Å²) in [6, 6.07) is 5.15. The van der Waals surface area contributed by atoms with Gasteiger partial charge in [-0.2, -0.15) is 0 Å². The number of nitrogens with zero attached hydrogens (tertiary/aromatic N) is 2. The predicted octanol–water partition coefficient (Wildman–Crippen LogP) is 1.86. The van der Waals surface area contributed by atoms with Gasteiger partial charge in [0.2, 0.25) is 0 Å². The molecular weight excluding hydrogens is 370 g/mol. The molecular formula is C19H24ClN3O4. The Labute approximate surface area is 163 Å². The van der Waals surface area contributed by atoms with Crippen LogP contribution in [-0.2, 0) is 9.59 Å². The van der Waals surface area contributed by atoms with Gasteiger partial charge in [0.15, 0.2) is 0 Å². The van der Waals surface area contributed by atoms with Crippen LogP contribution in [0.1, 0.15) is 19.3 Å². The zero-order valence-electron chi connectivity index (χ0n) is 15.1. The topological polar surface area (TPSA) is 82.1 Å². The monoisotopic (exact) mass is 393 g/mol. The molecule has 2 aliphatic rings. The average molecular weight is 394 g/mol. The van der Waals surface area contributed by atoms with Gasteiger partial charge in [0.05, 0.1) is 18.2 Å². The van der Waals surface area contributed by atoms with E-state index in [-0.39, 0.29) is 18.8 Å². The van der Waals surface area contributed by atoms with Crippen LogP contribution >= 0.6 is 11.6 Å². The molecule has 0 unspecified atom stereocenters. The van der Waals surface area contributed by atoms with E-state index in [1.54, 1.807) is 18.2 Å². The summed E-state index contributed by atoms with van der Waals surface area (Å²) < 4.78 is 5.78. The molecule has 8 heteroatoms. The minimum Gasteiger partial charge on any atom is -0.491 e. The lowest BCUT2D eigenvalue weighted by Gasteiger charge is -2.26. The summed E-state index contributed by atoms with van der Waals surface area (Å²) in [6.45, 7) is 3.39. The number of β-amino-alcohol motifs (C(OH)–C–C–N with tert-alkyl or cyclic N) is 1. The molecule has 0 radical (unpaired) electrons. The number of imide groups is 1. The summed E-state index contributed by atoms with van der Waals surface area (Å²) in [4.78, 5) is 27.3. The summed E-state index contributed by atoms with van der Waals surface area (Å²) in [5, 5.41) is 12.3. The molecule has 2 N–H and O–H groups in total. The molecule has 146 valence electrons. The first-order valence-corrected chi connectivity index (χ1v) is 9.56. The molecule has 0 atom stereocenters. The van der Waals surface area contributed by atoms with E-state index in [1.807, 2.05) is 0 Å². The Morgan fingerprint density at radius 2 is 1.93 bits per heavy atom. The first-order valence-electron chi connectivity index (χ1n) is 9.18. The van der Waals surface area contributed by atoms with Crippen molar-refractivity contribution in [2.45, 2.75) is 19.3 Å². The number of aliphatic hydroxyl groups excluding tert-OH is 1. The van der Waals surface area contributed by atoms with Crippen LogP contribution in [0, 0.1) is 0 Å². The molecule has 2 heterocycles. The standard InChI is InChI=1S/C19H24ClN3O4/c20-15-12-14(21-16-13-18(25)23(8-10-24)19(16)26)4-5-17(15)27-11-9-22-6-2-1-3-7-22/h4-5,12-13,21,24H,1-3,6-11H2. The molecule has 2 aliphatic heterocycles. The zero-order valence-corrected chi connectivity index (χ0v) is 15.9. The highest BCUT2D eigenvalue weighted by Crippen LogP contribution is 2.29. The molecule has 1 aromatic rings. The lowest BCUT2D eigenvalue weighted by Crippen LogP contribution is -2.34. The zero-order chi connectivity index (χ0) is 19.2. The third-order valence-electron chi connectivity index (χ3n) is 4.66. The Kier molecular flexibility index (Phi) is 6.71. The van der Waals surface area contributed by atoms with Crippen LogP contribution in [0.5, 0.6) is 5.75 Å².